The van der Waals surface area contributed by atoms with Crippen molar-refractivity contribution < 1.29 is 14.3 Å². The Kier molecular flexibility index (Phi) is 6.34. The van der Waals surface area contributed by atoms with Crippen LogP contribution < -0.4 is 20.5 Å². The highest BCUT2D eigenvalue weighted by Crippen LogP contribution is 2.36. The van der Waals surface area contributed by atoms with E-state index in [0.717, 1.165) is 24.0 Å². The third kappa shape index (κ3) is 4.72. The quantitative estimate of drug-likeness (QED) is 0.518. The van der Waals surface area contributed by atoms with Gasteiger partial charge in [-0.3, -0.25) is 14.3 Å². The Morgan fingerprint density at radius 2 is 2.03 bits per heavy atom. The molecule has 0 radical (unpaired) electrons. The van der Waals surface area contributed by atoms with Crippen molar-refractivity contribution >= 4 is 12.0 Å². The van der Waals surface area contributed by atoms with Crippen molar-refractivity contribution in [1.29, 1.82) is 0 Å². The molecule has 1 aliphatic rings. The van der Waals surface area contributed by atoms with E-state index in [1.807, 2.05) is 18.2 Å². The van der Waals surface area contributed by atoms with E-state index in [1.54, 1.807) is 49.4 Å². The number of carbonyl (C=O) groups is 1. The first-order valence-electron chi connectivity index (χ1n) is 10.4. The minimum atomic E-state index is -0.262. The molecule has 0 bridgehead atoms. The maximum atomic E-state index is 12.8. The summed E-state index contributed by atoms with van der Waals surface area (Å²) in [6, 6.07) is 9.28. The van der Waals surface area contributed by atoms with Crippen molar-refractivity contribution in [3.63, 3.8) is 0 Å². The lowest BCUT2D eigenvalue weighted by atomic mass is 10.2. The van der Waals surface area contributed by atoms with Crippen molar-refractivity contribution in [1.82, 2.24) is 24.6 Å². The van der Waals surface area contributed by atoms with Crippen molar-refractivity contribution in [3.8, 4) is 22.9 Å². The number of rotatable bonds is 9. The highest BCUT2D eigenvalue weighted by molar-refractivity contribution is 5.91. The summed E-state index contributed by atoms with van der Waals surface area (Å²) in [4.78, 5) is 29.2. The smallest absolute Gasteiger partial charge is 0.346 e. The Morgan fingerprint density at radius 3 is 2.72 bits per heavy atom. The van der Waals surface area contributed by atoms with Gasteiger partial charge in [-0.25, -0.2) is 9.48 Å². The molecule has 166 valence electrons. The van der Waals surface area contributed by atoms with Crippen molar-refractivity contribution in [3.05, 3.63) is 64.8 Å². The van der Waals surface area contributed by atoms with Crippen LogP contribution in [0.4, 0.5) is 0 Å². The molecule has 1 aliphatic carbocycles. The molecule has 1 fully saturated rings. The molecule has 0 atom stereocenters. The monoisotopic (exact) mass is 435 g/mol. The Morgan fingerprint density at radius 1 is 1.22 bits per heavy atom. The molecule has 1 saturated carbocycles. The number of hydrogen-bond acceptors (Lipinski definition) is 6. The fourth-order valence-electron chi connectivity index (χ4n) is 3.39. The summed E-state index contributed by atoms with van der Waals surface area (Å²) in [6.45, 7) is 0.560. The van der Waals surface area contributed by atoms with Crippen LogP contribution >= 0.6 is 0 Å². The lowest BCUT2D eigenvalue weighted by Crippen LogP contribution is -2.31. The van der Waals surface area contributed by atoms with Gasteiger partial charge in [0, 0.05) is 36.6 Å². The predicted molar refractivity (Wildman–Crippen MR) is 120 cm³/mol. The number of benzene rings is 1. The lowest BCUT2D eigenvalue weighted by molar-refractivity contribution is -0.116. The van der Waals surface area contributed by atoms with E-state index in [9.17, 15) is 9.59 Å². The number of nitrogens with one attached hydrogen (secondary N) is 1. The summed E-state index contributed by atoms with van der Waals surface area (Å²) in [5, 5.41) is 7.29. The highest BCUT2D eigenvalue weighted by Gasteiger charge is 2.30. The first kappa shape index (κ1) is 21.4. The lowest BCUT2D eigenvalue weighted by Gasteiger charge is -2.07. The van der Waals surface area contributed by atoms with E-state index in [2.05, 4.69) is 15.4 Å². The van der Waals surface area contributed by atoms with Gasteiger partial charge in [0.1, 0.15) is 0 Å². The Labute approximate surface area is 185 Å². The van der Waals surface area contributed by atoms with Gasteiger partial charge >= 0.3 is 5.69 Å². The van der Waals surface area contributed by atoms with Gasteiger partial charge in [0.05, 0.1) is 20.8 Å². The van der Waals surface area contributed by atoms with E-state index < -0.39 is 0 Å². The zero-order valence-corrected chi connectivity index (χ0v) is 18.0. The van der Waals surface area contributed by atoms with E-state index in [1.165, 1.54) is 10.8 Å². The second-order valence-corrected chi connectivity index (χ2v) is 7.41. The number of hydrogen-bond donors (Lipinski definition) is 1. The number of amides is 1. The van der Waals surface area contributed by atoms with Gasteiger partial charge in [0.25, 0.3) is 0 Å². The molecule has 3 aromatic rings. The van der Waals surface area contributed by atoms with E-state index in [-0.39, 0.29) is 30.7 Å². The largest absolute Gasteiger partial charge is 0.493 e. The van der Waals surface area contributed by atoms with Crippen LogP contribution in [0, 0.1) is 0 Å². The number of aromatic nitrogens is 4. The number of nitrogens with zero attached hydrogens (tertiary/aromatic N) is 4. The molecule has 32 heavy (non-hydrogen) atoms. The fraction of sp³-hybridized carbons (Fsp3) is 0.304. The molecule has 0 aliphatic heterocycles. The van der Waals surface area contributed by atoms with Crippen LogP contribution in [-0.2, 0) is 11.3 Å². The van der Waals surface area contributed by atoms with Gasteiger partial charge in [-0.05, 0) is 48.7 Å². The molecule has 4 rings (SSSR count). The van der Waals surface area contributed by atoms with Crippen molar-refractivity contribution in [2.75, 3.05) is 20.8 Å². The second-order valence-electron chi connectivity index (χ2n) is 7.41. The van der Waals surface area contributed by atoms with Gasteiger partial charge in [-0.1, -0.05) is 6.07 Å². The van der Waals surface area contributed by atoms with Gasteiger partial charge in [0.2, 0.25) is 5.91 Å². The van der Waals surface area contributed by atoms with Crippen LogP contribution in [0.2, 0.25) is 0 Å². The molecule has 1 amide bonds. The number of methoxy groups -OCH3 is 2. The number of pyridine rings is 1. The first-order valence-corrected chi connectivity index (χ1v) is 10.4. The summed E-state index contributed by atoms with van der Waals surface area (Å²) < 4.78 is 13.6. The third-order valence-electron chi connectivity index (χ3n) is 5.16. The van der Waals surface area contributed by atoms with Gasteiger partial charge in [-0.2, -0.15) is 0 Å². The Balaban J connectivity index is 1.39. The normalized spacial score (nSPS) is 13.3. The van der Waals surface area contributed by atoms with E-state index in [0.29, 0.717) is 17.3 Å². The molecule has 9 nitrogen and oxygen atoms in total. The molecule has 1 aromatic carbocycles. The molecule has 9 heteroatoms. The van der Waals surface area contributed by atoms with Crippen LogP contribution in [0.5, 0.6) is 11.5 Å². The maximum absolute atomic E-state index is 12.8. The van der Waals surface area contributed by atoms with Gasteiger partial charge in [0.15, 0.2) is 17.3 Å². The van der Waals surface area contributed by atoms with Crippen LogP contribution in [0.15, 0.2) is 53.6 Å². The first-order chi connectivity index (χ1) is 15.6. The van der Waals surface area contributed by atoms with E-state index >= 15 is 0 Å². The summed E-state index contributed by atoms with van der Waals surface area (Å²) in [7, 11) is 3.13. The minimum absolute atomic E-state index is 0.165. The number of ether oxygens (including phenoxy) is 2. The third-order valence-corrected chi connectivity index (χ3v) is 5.16. The summed E-state index contributed by atoms with van der Waals surface area (Å²) >= 11 is 0. The zero-order chi connectivity index (χ0) is 22.5. The highest BCUT2D eigenvalue weighted by atomic mass is 16.5. The average Bonchev–Trinajstić information content (AvgIpc) is 3.61. The van der Waals surface area contributed by atoms with Gasteiger partial charge < -0.3 is 14.8 Å². The van der Waals surface area contributed by atoms with Crippen LogP contribution in [0.3, 0.4) is 0 Å². The van der Waals surface area contributed by atoms with Crippen LogP contribution in [0.25, 0.3) is 17.5 Å². The number of carbonyl (C=O) groups excluding carboxylic acids is 1. The van der Waals surface area contributed by atoms with Crippen LogP contribution in [0.1, 0.15) is 24.4 Å². The summed E-state index contributed by atoms with van der Waals surface area (Å²) in [5.41, 5.74) is 1.44. The Hall–Kier alpha value is -3.88. The standard InChI is InChI=1S/C23H25N5O4/c1-31-19-9-5-16(14-20(19)32-2)6-10-21(29)25-12-13-27-23(30)28(18-7-8-18)22(26-27)17-4-3-11-24-15-17/h3-6,9-11,14-15,18H,7-8,12-13H2,1-2H3,(H,25,29). The average molecular weight is 435 g/mol. The summed E-state index contributed by atoms with van der Waals surface area (Å²) in [5.74, 6) is 1.56. The van der Waals surface area contributed by atoms with E-state index in [4.69, 9.17) is 9.47 Å². The summed E-state index contributed by atoms with van der Waals surface area (Å²) in [6.07, 6.45) is 8.45. The molecule has 0 spiro atoms. The van der Waals surface area contributed by atoms with Crippen molar-refractivity contribution in [2.45, 2.75) is 25.4 Å². The molecular formula is C23H25N5O4. The SMILES string of the molecule is COc1ccc(C=CC(=O)NCCn2nc(-c3cccnc3)n(C3CC3)c2=O)cc1OC. The molecule has 2 heterocycles. The molecule has 0 unspecified atom stereocenters. The predicted octanol–water partition coefficient (Wildman–Crippen LogP) is 2.29. The minimum Gasteiger partial charge on any atom is -0.493 e. The van der Waals surface area contributed by atoms with Crippen LogP contribution in [-0.4, -0.2) is 46.0 Å². The fourth-order valence-corrected chi connectivity index (χ4v) is 3.39. The second kappa shape index (κ2) is 9.51. The molecule has 1 N–H and O–H groups in total. The molecular weight excluding hydrogens is 410 g/mol. The zero-order valence-electron chi connectivity index (χ0n) is 18.0. The maximum Gasteiger partial charge on any atom is 0.346 e. The molecule has 0 saturated heterocycles. The topological polar surface area (TPSA) is 100 Å². The van der Waals surface area contributed by atoms with Crippen molar-refractivity contribution in [2.24, 2.45) is 0 Å². The molecule has 2 aromatic heterocycles. The van der Waals surface area contributed by atoms with Gasteiger partial charge in [-0.15, -0.1) is 5.10 Å². The Bertz CT molecular complexity index is 1180.